The molecule has 0 saturated carbocycles. The lowest BCUT2D eigenvalue weighted by molar-refractivity contribution is 0.122. The Bertz CT molecular complexity index is 1340. The monoisotopic (exact) mass is 482 g/mol. The maximum Gasteiger partial charge on any atom is 0.245 e. The van der Waals surface area contributed by atoms with Crippen LogP contribution in [0.5, 0.6) is 0 Å². The number of hydrogen-bond acceptors (Lipinski definition) is 6. The molecule has 1 fully saturated rings. The number of benzene rings is 2. The van der Waals surface area contributed by atoms with Crippen LogP contribution in [0.4, 0.5) is 21.7 Å². The minimum atomic E-state index is -2.08. The fourth-order valence-corrected chi connectivity index (χ4v) is 4.20. The van der Waals surface area contributed by atoms with E-state index in [0.717, 1.165) is 41.1 Å². The number of nitrogens with one attached hydrogen (secondary N) is 2. The summed E-state index contributed by atoms with van der Waals surface area (Å²) in [6.45, 7) is 2.99. The highest BCUT2D eigenvalue weighted by atomic mass is 32.2. The second kappa shape index (κ2) is 9.85. The van der Waals surface area contributed by atoms with Gasteiger partial charge in [-0.1, -0.05) is 18.2 Å². The molecule has 1 atom stereocenters. The van der Waals surface area contributed by atoms with Gasteiger partial charge >= 0.3 is 0 Å². The Morgan fingerprint density at radius 1 is 1.12 bits per heavy atom. The molecule has 176 valence electrons. The number of hydrogen-bond donors (Lipinski definition) is 3. The van der Waals surface area contributed by atoms with Crippen LogP contribution in [0.1, 0.15) is 5.56 Å². The lowest BCUT2D eigenvalue weighted by Gasteiger charge is -2.29. The fraction of sp³-hybridized carbons (Fsp3) is 0.217. The predicted octanol–water partition coefficient (Wildman–Crippen LogP) is 3.34. The Hall–Kier alpha value is -3.38. The van der Waals surface area contributed by atoms with Crippen molar-refractivity contribution in [2.24, 2.45) is 0 Å². The zero-order chi connectivity index (χ0) is 23.5. The molecule has 1 aliphatic rings. The van der Waals surface area contributed by atoms with Crippen molar-refractivity contribution in [3.05, 3.63) is 72.2 Å². The van der Waals surface area contributed by atoms with E-state index in [2.05, 4.69) is 25.0 Å². The van der Waals surface area contributed by atoms with Crippen molar-refractivity contribution in [1.29, 1.82) is 0 Å². The highest BCUT2D eigenvalue weighted by molar-refractivity contribution is 7.77. The van der Waals surface area contributed by atoms with Gasteiger partial charge in [-0.05, 0) is 42.0 Å². The first-order valence-corrected chi connectivity index (χ1v) is 11.9. The Balaban J connectivity index is 1.39. The largest absolute Gasteiger partial charge is 0.378 e. The molecular weight excluding hydrogens is 459 g/mol. The van der Waals surface area contributed by atoms with Crippen molar-refractivity contribution in [3.63, 3.8) is 0 Å². The van der Waals surface area contributed by atoms with Crippen LogP contribution in [0.15, 0.2) is 60.8 Å². The maximum atomic E-state index is 14.8. The Kier molecular flexibility index (Phi) is 6.50. The molecule has 34 heavy (non-hydrogen) atoms. The number of aromatic nitrogens is 3. The first-order chi connectivity index (χ1) is 16.6. The van der Waals surface area contributed by atoms with Crippen molar-refractivity contribution >= 4 is 34.1 Å². The summed E-state index contributed by atoms with van der Waals surface area (Å²) in [4.78, 5) is 6.41. The number of halogens is 1. The van der Waals surface area contributed by atoms with E-state index in [9.17, 15) is 8.60 Å². The number of fused-ring (bicyclic) bond motifs is 1. The Labute approximate surface area is 198 Å². The fourth-order valence-electron chi connectivity index (χ4n) is 3.91. The van der Waals surface area contributed by atoms with E-state index in [4.69, 9.17) is 9.29 Å². The van der Waals surface area contributed by atoms with Gasteiger partial charge in [0.2, 0.25) is 17.2 Å². The summed E-state index contributed by atoms with van der Waals surface area (Å²) in [6, 6.07) is 16.5. The summed E-state index contributed by atoms with van der Waals surface area (Å²) < 4.78 is 44.3. The van der Waals surface area contributed by atoms with Crippen molar-refractivity contribution in [3.8, 4) is 11.3 Å². The third kappa shape index (κ3) is 4.92. The van der Waals surface area contributed by atoms with E-state index in [1.54, 1.807) is 16.8 Å². The quantitative estimate of drug-likeness (QED) is 0.347. The zero-order valence-corrected chi connectivity index (χ0v) is 19.0. The highest BCUT2D eigenvalue weighted by Crippen LogP contribution is 2.26. The van der Waals surface area contributed by atoms with E-state index in [0.29, 0.717) is 13.2 Å². The van der Waals surface area contributed by atoms with Crippen LogP contribution in [0, 0.1) is 5.82 Å². The van der Waals surface area contributed by atoms with Gasteiger partial charge in [-0.2, -0.15) is 0 Å². The van der Waals surface area contributed by atoms with Gasteiger partial charge in [0.25, 0.3) is 0 Å². The summed E-state index contributed by atoms with van der Waals surface area (Å²) in [5, 5.41) is 7.53. The number of nitrogens with zero attached hydrogens (tertiary/aromatic N) is 4. The van der Waals surface area contributed by atoms with E-state index >= 15 is 0 Å². The topological polar surface area (TPSA) is 104 Å². The standard InChI is InChI=1S/C23H23FN6O3S/c24-20-13-18(29-8-10-33-11-9-29)4-6-21(20)27-23-25-15-19-5-7-22(30(19)28-23)17-3-1-2-16(12-17)14-26-34(31)32/h1-7,12-13,15,26H,8-11,14H2,(H,27,28)(H,31,32). The van der Waals surface area contributed by atoms with Gasteiger partial charge < -0.3 is 15.0 Å². The summed E-state index contributed by atoms with van der Waals surface area (Å²) >= 11 is -2.08. The Morgan fingerprint density at radius 3 is 2.76 bits per heavy atom. The van der Waals surface area contributed by atoms with Crippen LogP contribution in [0.2, 0.25) is 0 Å². The van der Waals surface area contributed by atoms with Crippen molar-refractivity contribution < 1.29 is 17.9 Å². The predicted molar refractivity (Wildman–Crippen MR) is 129 cm³/mol. The van der Waals surface area contributed by atoms with Crippen molar-refractivity contribution in [2.75, 3.05) is 36.5 Å². The molecule has 2 aromatic heterocycles. The molecule has 11 heteroatoms. The molecule has 1 aliphatic heterocycles. The molecule has 0 aliphatic carbocycles. The first-order valence-electron chi connectivity index (χ1n) is 10.7. The highest BCUT2D eigenvalue weighted by Gasteiger charge is 2.14. The molecule has 3 heterocycles. The van der Waals surface area contributed by atoms with E-state index in [1.807, 2.05) is 42.5 Å². The van der Waals surface area contributed by atoms with Crippen molar-refractivity contribution in [1.82, 2.24) is 19.3 Å². The van der Waals surface area contributed by atoms with Crippen molar-refractivity contribution in [2.45, 2.75) is 6.54 Å². The molecule has 4 aromatic rings. The lowest BCUT2D eigenvalue weighted by atomic mass is 10.1. The molecule has 0 amide bonds. The Morgan fingerprint density at radius 2 is 1.97 bits per heavy atom. The van der Waals surface area contributed by atoms with Gasteiger partial charge in [-0.3, -0.25) is 4.55 Å². The van der Waals surface area contributed by atoms with Crippen LogP contribution < -0.4 is 14.9 Å². The second-order valence-corrected chi connectivity index (χ2v) is 8.58. The molecule has 0 bridgehead atoms. The third-order valence-electron chi connectivity index (χ3n) is 5.60. The number of ether oxygens (including phenoxy) is 1. The van der Waals surface area contributed by atoms with Crippen LogP contribution in [-0.2, 0) is 22.5 Å². The van der Waals surface area contributed by atoms with Crippen LogP contribution in [-0.4, -0.2) is 49.7 Å². The van der Waals surface area contributed by atoms with E-state index in [-0.39, 0.29) is 24.0 Å². The summed E-state index contributed by atoms with van der Waals surface area (Å²) in [6.07, 6.45) is 1.67. The summed E-state index contributed by atoms with van der Waals surface area (Å²) in [5.74, 6) is -0.127. The molecular formula is C23H23FN6O3S. The van der Waals surface area contributed by atoms with E-state index < -0.39 is 11.3 Å². The van der Waals surface area contributed by atoms with Crippen LogP contribution in [0.3, 0.4) is 0 Å². The minimum Gasteiger partial charge on any atom is -0.378 e. The smallest absolute Gasteiger partial charge is 0.245 e. The van der Waals surface area contributed by atoms with E-state index in [1.165, 1.54) is 6.07 Å². The maximum absolute atomic E-state index is 14.8. The van der Waals surface area contributed by atoms with Gasteiger partial charge in [-0.15, -0.1) is 5.10 Å². The molecule has 0 radical (unpaired) electrons. The van der Waals surface area contributed by atoms with Gasteiger partial charge in [0, 0.05) is 30.9 Å². The molecule has 2 aromatic carbocycles. The third-order valence-corrected chi connectivity index (χ3v) is 5.99. The average Bonchev–Trinajstić information content (AvgIpc) is 3.28. The number of rotatable bonds is 7. The lowest BCUT2D eigenvalue weighted by Crippen LogP contribution is -2.36. The normalized spacial score (nSPS) is 14.9. The van der Waals surface area contributed by atoms with Gasteiger partial charge in [-0.25, -0.2) is 22.8 Å². The van der Waals surface area contributed by atoms with Crippen LogP contribution >= 0.6 is 0 Å². The SMILES string of the molecule is O=S(O)NCc1cccc(-c2ccc3cnc(Nc4ccc(N5CCOCC5)cc4F)nn23)c1. The summed E-state index contributed by atoms with van der Waals surface area (Å²) in [5.41, 5.74) is 4.43. The average molecular weight is 483 g/mol. The summed E-state index contributed by atoms with van der Waals surface area (Å²) in [7, 11) is 0. The first kappa shape index (κ1) is 22.4. The molecule has 9 nitrogen and oxygen atoms in total. The molecule has 0 spiro atoms. The van der Waals surface area contributed by atoms with Gasteiger partial charge in [0.1, 0.15) is 5.82 Å². The van der Waals surface area contributed by atoms with Gasteiger partial charge in [0.15, 0.2) is 0 Å². The van der Waals surface area contributed by atoms with Gasteiger partial charge in [0.05, 0.1) is 36.3 Å². The molecule has 5 rings (SSSR count). The molecule has 3 N–H and O–H groups in total. The second-order valence-electron chi connectivity index (χ2n) is 7.80. The van der Waals surface area contributed by atoms with Crippen LogP contribution in [0.25, 0.3) is 16.8 Å². The zero-order valence-electron chi connectivity index (χ0n) is 18.1. The number of morpholine rings is 1. The number of anilines is 3. The minimum absolute atomic E-state index is 0.252. The molecule has 1 unspecified atom stereocenters. The molecule has 1 saturated heterocycles.